The summed E-state index contributed by atoms with van der Waals surface area (Å²) < 4.78 is 0. The second-order valence-corrected chi connectivity index (χ2v) is 8.22. The van der Waals surface area contributed by atoms with Gasteiger partial charge in [0.15, 0.2) is 0 Å². The molecular formula is C23H30N4O2. The van der Waals surface area contributed by atoms with Crippen molar-refractivity contribution in [1.29, 1.82) is 0 Å². The van der Waals surface area contributed by atoms with Crippen LogP contribution in [0.15, 0.2) is 48.7 Å². The number of carboxylic acid groups (broad SMARTS) is 1. The highest BCUT2D eigenvalue weighted by molar-refractivity contribution is 5.87. The number of carboxylic acids is 1. The van der Waals surface area contributed by atoms with E-state index in [0.717, 1.165) is 63.7 Å². The predicted octanol–water partition coefficient (Wildman–Crippen LogP) is 2.81. The van der Waals surface area contributed by atoms with E-state index in [2.05, 4.69) is 31.8 Å². The topological polar surface area (TPSA) is 59.9 Å². The average molecular weight is 395 g/mol. The minimum absolute atomic E-state index is 0.377. The van der Waals surface area contributed by atoms with Gasteiger partial charge in [-0.1, -0.05) is 18.2 Å². The Bertz CT molecular complexity index is 806. The van der Waals surface area contributed by atoms with Crippen LogP contribution < -0.4 is 4.90 Å². The molecule has 1 aromatic heterocycles. The monoisotopic (exact) mass is 394 g/mol. The maximum atomic E-state index is 11.2. The van der Waals surface area contributed by atoms with Gasteiger partial charge in [0.05, 0.1) is 5.56 Å². The Kier molecular flexibility index (Phi) is 6.42. The molecule has 1 N–H and O–H groups in total. The third-order valence-corrected chi connectivity index (χ3v) is 6.05. The van der Waals surface area contributed by atoms with Crippen LogP contribution in [0.2, 0.25) is 0 Å². The van der Waals surface area contributed by atoms with E-state index in [4.69, 9.17) is 0 Å². The molecule has 0 bridgehead atoms. The van der Waals surface area contributed by atoms with Gasteiger partial charge in [-0.2, -0.15) is 0 Å². The first-order chi connectivity index (χ1) is 14.2. The molecule has 0 amide bonds. The number of nitrogens with zero attached hydrogens (tertiary/aromatic N) is 4. The Hall–Kier alpha value is -2.44. The lowest BCUT2D eigenvalue weighted by atomic mass is 9.96. The molecule has 29 heavy (non-hydrogen) atoms. The molecule has 154 valence electrons. The number of benzene rings is 1. The lowest BCUT2D eigenvalue weighted by Gasteiger charge is -2.39. The van der Waals surface area contributed by atoms with E-state index < -0.39 is 5.97 Å². The maximum Gasteiger partial charge on any atom is 0.335 e. The zero-order chi connectivity index (χ0) is 20.1. The number of aromatic carboxylic acids is 1. The van der Waals surface area contributed by atoms with Gasteiger partial charge in [0, 0.05) is 52.0 Å². The van der Waals surface area contributed by atoms with Crippen molar-refractivity contribution in [1.82, 2.24) is 14.8 Å². The second-order valence-electron chi connectivity index (χ2n) is 8.22. The van der Waals surface area contributed by atoms with Gasteiger partial charge in [-0.25, -0.2) is 9.78 Å². The number of piperidine rings is 1. The fourth-order valence-electron chi connectivity index (χ4n) is 4.57. The smallest absolute Gasteiger partial charge is 0.335 e. The van der Waals surface area contributed by atoms with E-state index in [1.165, 1.54) is 12.8 Å². The van der Waals surface area contributed by atoms with Crippen molar-refractivity contribution < 1.29 is 9.90 Å². The molecule has 1 atom stereocenters. The summed E-state index contributed by atoms with van der Waals surface area (Å²) in [6.07, 6.45) is 4.37. The summed E-state index contributed by atoms with van der Waals surface area (Å²) in [5, 5.41) is 9.20. The van der Waals surface area contributed by atoms with E-state index in [9.17, 15) is 9.90 Å². The Morgan fingerprint density at radius 2 is 1.90 bits per heavy atom. The first kappa shape index (κ1) is 19.9. The van der Waals surface area contributed by atoms with Crippen LogP contribution in [0.4, 0.5) is 5.82 Å². The molecule has 2 aromatic rings. The third kappa shape index (κ3) is 5.34. The molecule has 4 rings (SSSR count). The number of aromatic nitrogens is 1. The maximum absolute atomic E-state index is 11.2. The molecule has 2 aliphatic heterocycles. The minimum Gasteiger partial charge on any atom is -0.478 e. The van der Waals surface area contributed by atoms with Crippen molar-refractivity contribution in [3.63, 3.8) is 0 Å². The van der Waals surface area contributed by atoms with Gasteiger partial charge in [-0.05, 0) is 55.1 Å². The fourth-order valence-corrected chi connectivity index (χ4v) is 4.57. The molecule has 0 radical (unpaired) electrons. The van der Waals surface area contributed by atoms with Crippen molar-refractivity contribution in [2.24, 2.45) is 5.92 Å². The highest BCUT2D eigenvalue weighted by Crippen LogP contribution is 2.21. The van der Waals surface area contributed by atoms with E-state index >= 15 is 0 Å². The van der Waals surface area contributed by atoms with Gasteiger partial charge < -0.3 is 10.0 Å². The van der Waals surface area contributed by atoms with Crippen molar-refractivity contribution in [2.75, 3.05) is 50.7 Å². The summed E-state index contributed by atoms with van der Waals surface area (Å²) in [5.41, 5.74) is 1.47. The van der Waals surface area contributed by atoms with Crippen molar-refractivity contribution in [2.45, 2.75) is 19.4 Å². The number of piperazine rings is 1. The van der Waals surface area contributed by atoms with Gasteiger partial charge in [-0.15, -0.1) is 0 Å². The standard InChI is InChI=1S/C23H30N4O2/c28-23(29)21-7-3-5-19(15-21)16-26-10-4-6-20(18-26)17-25-11-13-27(14-12-25)22-8-1-2-9-24-22/h1-3,5,7-9,15,20H,4,6,10-14,16-18H2,(H,28,29). The van der Waals surface area contributed by atoms with Gasteiger partial charge in [0.1, 0.15) is 5.82 Å². The van der Waals surface area contributed by atoms with Crippen LogP contribution in [-0.4, -0.2) is 71.7 Å². The lowest BCUT2D eigenvalue weighted by Crippen LogP contribution is -2.49. The predicted molar refractivity (Wildman–Crippen MR) is 114 cm³/mol. The Morgan fingerprint density at radius 1 is 1.03 bits per heavy atom. The number of hydrogen-bond donors (Lipinski definition) is 1. The quantitative estimate of drug-likeness (QED) is 0.813. The number of likely N-dealkylation sites (tertiary alicyclic amines) is 1. The second kappa shape index (κ2) is 9.37. The van der Waals surface area contributed by atoms with E-state index in [1.807, 2.05) is 30.5 Å². The number of rotatable bonds is 6. The summed E-state index contributed by atoms with van der Waals surface area (Å²) in [6, 6.07) is 13.5. The molecule has 0 saturated carbocycles. The van der Waals surface area contributed by atoms with Crippen LogP contribution in [-0.2, 0) is 6.54 Å². The van der Waals surface area contributed by atoms with E-state index in [-0.39, 0.29) is 0 Å². The van der Waals surface area contributed by atoms with Crippen molar-refractivity contribution in [3.05, 3.63) is 59.8 Å². The number of anilines is 1. The first-order valence-electron chi connectivity index (χ1n) is 10.6. The summed E-state index contributed by atoms with van der Waals surface area (Å²) >= 11 is 0. The van der Waals surface area contributed by atoms with Crippen LogP contribution in [0.5, 0.6) is 0 Å². The number of pyridine rings is 1. The van der Waals surface area contributed by atoms with Gasteiger partial charge in [0.2, 0.25) is 0 Å². The molecule has 2 aliphatic rings. The van der Waals surface area contributed by atoms with Crippen LogP contribution in [0.3, 0.4) is 0 Å². The van der Waals surface area contributed by atoms with E-state index in [1.54, 1.807) is 6.07 Å². The average Bonchev–Trinajstić information content (AvgIpc) is 2.75. The third-order valence-electron chi connectivity index (χ3n) is 6.05. The minimum atomic E-state index is -0.854. The zero-order valence-electron chi connectivity index (χ0n) is 16.9. The van der Waals surface area contributed by atoms with Crippen molar-refractivity contribution in [3.8, 4) is 0 Å². The number of hydrogen-bond acceptors (Lipinski definition) is 5. The van der Waals surface area contributed by atoms with Crippen LogP contribution in [0.25, 0.3) is 0 Å². The van der Waals surface area contributed by atoms with Crippen LogP contribution >= 0.6 is 0 Å². The Morgan fingerprint density at radius 3 is 2.66 bits per heavy atom. The Balaban J connectivity index is 1.26. The molecule has 3 heterocycles. The molecule has 6 heteroatoms. The normalized spacial score (nSPS) is 21.2. The molecule has 6 nitrogen and oxygen atoms in total. The molecular weight excluding hydrogens is 364 g/mol. The summed E-state index contributed by atoms with van der Waals surface area (Å²) in [6.45, 7) is 8.44. The molecule has 0 spiro atoms. The molecule has 2 fully saturated rings. The molecule has 1 aromatic carbocycles. The van der Waals surface area contributed by atoms with Gasteiger partial charge in [0.25, 0.3) is 0 Å². The summed E-state index contributed by atoms with van der Waals surface area (Å²) in [5.74, 6) is 0.917. The Labute approximate surface area is 172 Å². The SMILES string of the molecule is O=C(O)c1cccc(CN2CCCC(CN3CCN(c4ccccn4)CC3)C2)c1. The fraction of sp³-hybridized carbons (Fsp3) is 0.478. The lowest BCUT2D eigenvalue weighted by molar-refractivity contribution is 0.0696. The summed E-state index contributed by atoms with van der Waals surface area (Å²) in [7, 11) is 0. The molecule has 1 unspecified atom stereocenters. The highest BCUT2D eigenvalue weighted by Gasteiger charge is 2.25. The van der Waals surface area contributed by atoms with Gasteiger partial charge in [-0.3, -0.25) is 9.80 Å². The van der Waals surface area contributed by atoms with Crippen LogP contribution in [0, 0.1) is 5.92 Å². The van der Waals surface area contributed by atoms with E-state index in [0.29, 0.717) is 11.5 Å². The number of carbonyl (C=O) groups is 1. The zero-order valence-corrected chi connectivity index (χ0v) is 16.9. The first-order valence-corrected chi connectivity index (χ1v) is 10.6. The molecule has 2 saturated heterocycles. The summed E-state index contributed by atoms with van der Waals surface area (Å²) in [4.78, 5) is 23.1. The van der Waals surface area contributed by atoms with Gasteiger partial charge >= 0.3 is 5.97 Å². The van der Waals surface area contributed by atoms with Crippen LogP contribution in [0.1, 0.15) is 28.8 Å². The largest absolute Gasteiger partial charge is 0.478 e. The molecule has 0 aliphatic carbocycles. The van der Waals surface area contributed by atoms with Crippen molar-refractivity contribution >= 4 is 11.8 Å². The highest BCUT2D eigenvalue weighted by atomic mass is 16.4.